The molecule has 1 aromatic heterocycles. The normalized spacial score (nSPS) is 19.9. The molecule has 1 unspecified atom stereocenters. The number of halogens is 1. The Hall–Kier alpha value is -1.69. The van der Waals surface area contributed by atoms with E-state index in [9.17, 15) is 9.59 Å². The molecule has 1 aliphatic rings. The summed E-state index contributed by atoms with van der Waals surface area (Å²) in [5.74, 6) is 0.693. The van der Waals surface area contributed by atoms with Crippen molar-refractivity contribution in [1.29, 1.82) is 0 Å². The highest BCUT2D eigenvalue weighted by atomic mass is 35.5. The zero-order valence-electron chi connectivity index (χ0n) is 12.6. The molecule has 6 nitrogen and oxygen atoms in total. The number of carbonyl (C=O) groups is 2. The highest BCUT2D eigenvalue weighted by molar-refractivity contribution is 6.29. The average molecular weight is 311 g/mol. The van der Waals surface area contributed by atoms with E-state index in [-0.39, 0.29) is 17.2 Å². The van der Waals surface area contributed by atoms with Crippen LogP contribution in [0.25, 0.3) is 0 Å². The van der Waals surface area contributed by atoms with Crippen molar-refractivity contribution < 1.29 is 9.59 Å². The number of imide groups is 1. The van der Waals surface area contributed by atoms with Gasteiger partial charge in [0.25, 0.3) is 5.91 Å². The number of piperidine rings is 1. The van der Waals surface area contributed by atoms with E-state index in [1.807, 2.05) is 20.8 Å². The molecule has 1 aliphatic heterocycles. The van der Waals surface area contributed by atoms with Gasteiger partial charge in [0.15, 0.2) is 0 Å². The van der Waals surface area contributed by atoms with Crippen LogP contribution in [-0.4, -0.2) is 39.8 Å². The second-order valence-electron chi connectivity index (χ2n) is 6.18. The summed E-state index contributed by atoms with van der Waals surface area (Å²) < 4.78 is 0. The van der Waals surface area contributed by atoms with Crippen molar-refractivity contribution in [2.24, 2.45) is 0 Å². The van der Waals surface area contributed by atoms with Gasteiger partial charge >= 0.3 is 0 Å². The van der Waals surface area contributed by atoms with E-state index in [4.69, 9.17) is 11.6 Å². The average Bonchev–Trinajstić information content (AvgIpc) is 2.38. The third-order valence-electron chi connectivity index (χ3n) is 3.34. The SMILES string of the molecule is CN1C(=O)CCC(Nc2cc(Cl)nc(C(C)(C)C)n2)C1=O. The van der Waals surface area contributed by atoms with Crippen molar-refractivity contribution in [3.05, 3.63) is 17.0 Å². The van der Waals surface area contributed by atoms with E-state index in [2.05, 4.69) is 15.3 Å². The predicted octanol–water partition coefficient (Wildman–Crippen LogP) is 1.99. The van der Waals surface area contributed by atoms with Gasteiger partial charge in [-0.2, -0.15) is 0 Å². The summed E-state index contributed by atoms with van der Waals surface area (Å²) >= 11 is 6.02. The number of carbonyl (C=O) groups excluding carboxylic acids is 2. The molecule has 7 heteroatoms. The lowest BCUT2D eigenvalue weighted by molar-refractivity contribution is -0.146. The monoisotopic (exact) mass is 310 g/mol. The first kappa shape index (κ1) is 15.7. The number of hydrogen-bond donors (Lipinski definition) is 1. The predicted molar refractivity (Wildman–Crippen MR) is 80.2 cm³/mol. The molecule has 2 heterocycles. The zero-order chi connectivity index (χ0) is 15.8. The minimum Gasteiger partial charge on any atom is -0.358 e. The van der Waals surface area contributed by atoms with Crippen LogP contribution >= 0.6 is 11.6 Å². The second-order valence-corrected chi connectivity index (χ2v) is 6.56. The summed E-state index contributed by atoms with van der Waals surface area (Å²) in [6.07, 6.45) is 0.791. The first-order valence-electron chi connectivity index (χ1n) is 6.80. The molecule has 2 amide bonds. The Morgan fingerprint density at radius 1 is 1.33 bits per heavy atom. The number of anilines is 1. The van der Waals surface area contributed by atoms with Crippen LogP contribution < -0.4 is 5.32 Å². The number of likely N-dealkylation sites (tertiary alicyclic amines) is 1. The summed E-state index contributed by atoms with van der Waals surface area (Å²) in [4.78, 5) is 33.3. The standard InChI is InChI=1S/C14H19ClN4O2/c1-14(2,3)13-17-9(15)7-10(18-13)16-8-5-6-11(20)19(4)12(8)21/h7-8H,5-6H2,1-4H3,(H,16,17,18). The van der Waals surface area contributed by atoms with Crippen LogP contribution in [0.4, 0.5) is 5.82 Å². The lowest BCUT2D eigenvalue weighted by Gasteiger charge is -2.28. The smallest absolute Gasteiger partial charge is 0.251 e. The highest BCUT2D eigenvalue weighted by Crippen LogP contribution is 2.23. The van der Waals surface area contributed by atoms with E-state index in [1.54, 1.807) is 6.07 Å². The third kappa shape index (κ3) is 3.50. The summed E-state index contributed by atoms with van der Waals surface area (Å²) in [5.41, 5.74) is -0.245. The van der Waals surface area contributed by atoms with Crippen molar-refractivity contribution >= 4 is 29.2 Å². The molecule has 21 heavy (non-hydrogen) atoms. The fourth-order valence-corrected chi connectivity index (χ4v) is 2.24. The molecule has 114 valence electrons. The van der Waals surface area contributed by atoms with Crippen LogP contribution in [-0.2, 0) is 15.0 Å². The van der Waals surface area contributed by atoms with Crippen molar-refractivity contribution in [2.45, 2.75) is 45.1 Å². The van der Waals surface area contributed by atoms with Crippen LogP contribution in [0.2, 0.25) is 5.15 Å². The molecular formula is C14H19ClN4O2. The number of nitrogens with zero attached hydrogens (tertiary/aromatic N) is 3. The van der Waals surface area contributed by atoms with Gasteiger partial charge in [0.2, 0.25) is 5.91 Å². The van der Waals surface area contributed by atoms with Gasteiger partial charge in [0, 0.05) is 24.9 Å². The number of hydrogen-bond acceptors (Lipinski definition) is 5. The molecule has 2 rings (SSSR count). The molecule has 1 N–H and O–H groups in total. The van der Waals surface area contributed by atoms with Crippen LogP contribution in [0.1, 0.15) is 39.4 Å². The fraction of sp³-hybridized carbons (Fsp3) is 0.571. The number of likely N-dealkylation sites (N-methyl/N-ethyl adjacent to an activating group) is 1. The number of amides is 2. The molecule has 0 bridgehead atoms. The summed E-state index contributed by atoms with van der Waals surface area (Å²) in [5, 5.41) is 3.38. The first-order chi connectivity index (χ1) is 9.68. The minimum absolute atomic E-state index is 0.158. The van der Waals surface area contributed by atoms with Crippen molar-refractivity contribution in [2.75, 3.05) is 12.4 Å². The summed E-state index contributed by atoms with van der Waals surface area (Å²) in [7, 11) is 1.49. The maximum atomic E-state index is 12.1. The van der Waals surface area contributed by atoms with Crippen molar-refractivity contribution in [1.82, 2.24) is 14.9 Å². The number of nitrogens with one attached hydrogen (secondary N) is 1. The van der Waals surface area contributed by atoms with Crippen molar-refractivity contribution in [3.63, 3.8) is 0 Å². The first-order valence-corrected chi connectivity index (χ1v) is 7.18. The molecule has 0 spiro atoms. The lowest BCUT2D eigenvalue weighted by atomic mass is 9.96. The molecule has 1 fully saturated rings. The Morgan fingerprint density at radius 3 is 2.62 bits per heavy atom. The van der Waals surface area contributed by atoms with E-state index < -0.39 is 6.04 Å². The number of aromatic nitrogens is 2. The van der Waals surface area contributed by atoms with E-state index in [0.29, 0.717) is 29.6 Å². The van der Waals surface area contributed by atoms with Gasteiger partial charge in [0.05, 0.1) is 0 Å². The summed E-state index contributed by atoms with van der Waals surface area (Å²) in [6, 6.07) is 1.12. The van der Waals surface area contributed by atoms with Gasteiger partial charge in [-0.3, -0.25) is 14.5 Å². The van der Waals surface area contributed by atoms with Gasteiger partial charge in [-0.1, -0.05) is 32.4 Å². The Kier molecular flexibility index (Phi) is 4.18. The maximum Gasteiger partial charge on any atom is 0.251 e. The van der Waals surface area contributed by atoms with E-state index in [0.717, 1.165) is 4.90 Å². The third-order valence-corrected chi connectivity index (χ3v) is 3.53. The van der Waals surface area contributed by atoms with Crippen molar-refractivity contribution in [3.8, 4) is 0 Å². The second kappa shape index (κ2) is 5.60. The van der Waals surface area contributed by atoms with Crippen LogP contribution in [0.3, 0.4) is 0 Å². The Morgan fingerprint density at radius 2 is 2.00 bits per heavy atom. The Labute approximate surface area is 128 Å². The van der Waals surface area contributed by atoms with Crippen LogP contribution in [0.15, 0.2) is 6.07 Å². The summed E-state index contributed by atoms with van der Waals surface area (Å²) in [6.45, 7) is 5.96. The van der Waals surface area contributed by atoms with Crippen LogP contribution in [0, 0.1) is 0 Å². The quantitative estimate of drug-likeness (QED) is 0.668. The highest BCUT2D eigenvalue weighted by Gasteiger charge is 2.32. The molecule has 0 saturated carbocycles. The zero-order valence-corrected chi connectivity index (χ0v) is 13.4. The number of rotatable bonds is 2. The molecule has 1 saturated heterocycles. The van der Waals surface area contributed by atoms with E-state index in [1.165, 1.54) is 7.05 Å². The minimum atomic E-state index is -0.466. The van der Waals surface area contributed by atoms with Crippen LogP contribution in [0.5, 0.6) is 0 Å². The fourth-order valence-electron chi connectivity index (χ4n) is 2.06. The lowest BCUT2D eigenvalue weighted by Crippen LogP contribution is -2.48. The Bertz CT molecular complexity index is 583. The largest absolute Gasteiger partial charge is 0.358 e. The Balaban J connectivity index is 2.22. The van der Waals surface area contributed by atoms with Gasteiger partial charge in [-0.05, 0) is 6.42 Å². The van der Waals surface area contributed by atoms with Gasteiger partial charge in [-0.25, -0.2) is 9.97 Å². The molecule has 1 aromatic rings. The topological polar surface area (TPSA) is 75.2 Å². The molecule has 0 radical (unpaired) electrons. The van der Waals surface area contributed by atoms with Gasteiger partial charge in [-0.15, -0.1) is 0 Å². The molecule has 1 atom stereocenters. The van der Waals surface area contributed by atoms with Gasteiger partial charge in [0.1, 0.15) is 22.8 Å². The molecule has 0 aliphatic carbocycles. The molecule has 0 aromatic carbocycles. The van der Waals surface area contributed by atoms with Gasteiger partial charge < -0.3 is 5.32 Å². The van der Waals surface area contributed by atoms with E-state index >= 15 is 0 Å². The maximum absolute atomic E-state index is 12.1. The molecular weight excluding hydrogens is 292 g/mol.